The third-order valence-corrected chi connectivity index (χ3v) is 1.29. The van der Waals surface area contributed by atoms with E-state index in [2.05, 4.69) is 15.5 Å². The van der Waals surface area contributed by atoms with E-state index in [1.165, 1.54) is 0 Å². The summed E-state index contributed by atoms with van der Waals surface area (Å²) in [5.41, 5.74) is 0. The summed E-state index contributed by atoms with van der Waals surface area (Å²) in [6, 6.07) is 0. The summed E-state index contributed by atoms with van der Waals surface area (Å²) in [4.78, 5) is 0. The number of hydrogen-bond donors (Lipinski definition) is 0. The van der Waals surface area contributed by atoms with E-state index in [0.29, 0.717) is 6.54 Å². The zero-order valence-electron chi connectivity index (χ0n) is 6.91. The third-order valence-electron chi connectivity index (χ3n) is 1.29. The van der Waals surface area contributed by atoms with Gasteiger partial charge in [-0.3, -0.25) is 0 Å². The molecule has 1 heterocycles. The van der Waals surface area contributed by atoms with Crippen molar-refractivity contribution in [2.75, 3.05) is 0 Å². The molecule has 1 aromatic heterocycles. The van der Waals surface area contributed by atoms with Crippen LogP contribution in [0.3, 0.4) is 0 Å². The molecule has 4 nitrogen and oxygen atoms in total. The van der Waals surface area contributed by atoms with Crippen LogP contribution in [0.5, 0.6) is 0 Å². The molecule has 0 N–H and O–H groups in total. The fraction of sp³-hybridized carbons (Fsp3) is 0.833. The summed E-state index contributed by atoms with van der Waals surface area (Å²) < 4.78 is 25.4. The van der Waals surface area contributed by atoms with E-state index < -0.39 is 6.43 Å². The van der Waals surface area contributed by atoms with E-state index >= 15 is 0 Å². The molecule has 0 atom stereocenters. The molecule has 0 fully saturated rings. The van der Waals surface area contributed by atoms with E-state index in [9.17, 15) is 8.78 Å². The van der Waals surface area contributed by atoms with Gasteiger partial charge in [0.1, 0.15) is 0 Å². The molecule has 0 aliphatic carbocycles. The molecule has 1 rings (SSSR count). The first-order chi connectivity index (χ1) is 5.61. The minimum absolute atomic E-state index is 0.256. The monoisotopic (exact) mass is 176 g/mol. The largest absolute Gasteiger partial charge is 0.298 e. The molecule has 0 radical (unpaired) electrons. The van der Waals surface area contributed by atoms with E-state index in [-0.39, 0.29) is 11.7 Å². The Bertz CT molecular complexity index is 245. The Balaban J connectivity index is 2.77. The van der Waals surface area contributed by atoms with Crippen LogP contribution < -0.4 is 0 Å². The van der Waals surface area contributed by atoms with Gasteiger partial charge in [-0.25, -0.2) is 13.5 Å². The highest BCUT2D eigenvalue weighted by molar-refractivity contribution is 4.81. The van der Waals surface area contributed by atoms with Crippen molar-refractivity contribution in [1.82, 2.24) is 20.2 Å². The molecule has 0 unspecified atom stereocenters. The van der Waals surface area contributed by atoms with Crippen molar-refractivity contribution in [2.24, 2.45) is 5.92 Å². The smallest absolute Gasteiger partial charge is 0.224 e. The van der Waals surface area contributed by atoms with Gasteiger partial charge in [0.15, 0.2) is 0 Å². The van der Waals surface area contributed by atoms with Crippen molar-refractivity contribution in [3.8, 4) is 0 Å². The standard InChI is InChI=1S/C6H10F2N4/c1-4(2)3-12-6(5(7)8)9-10-11-12/h4-5H,3H2,1-2H3. The second kappa shape index (κ2) is 3.55. The van der Waals surface area contributed by atoms with Crippen molar-refractivity contribution in [3.63, 3.8) is 0 Å². The molecule has 12 heavy (non-hydrogen) atoms. The van der Waals surface area contributed by atoms with Crippen LogP contribution in [0, 0.1) is 5.92 Å². The molecule has 0 aliphatic heterocycles. The second-order valence-electron chi connectivity index (χ2n) is 2.91. The Morgan fingerprint density at radius 2 is 2.08 bits per heavy atom. The first-order valence-electron chi connectivity index (χ1n) is 3.65. The predicted molar refractivity (Wildman–Crippen MR) is 37.6 cm³/mol. The lowest BCUT2D eigenvalue weighted by Gasteiger charge is -2.05. The average molecular weight is 176 g/mol. The highest BCUT2D eigenvalue weighted by atomic mass is 19.3. The van der Waals surface area contributed by atoms with E-state index in [1.807, 2.05) is 13.8 Å². The van der Waals surface area contributed by atoms with Gasteiger partial charge < -0.3 is 0 Å². The van der Waals surface area contributed by atoms with Gasteiger partial charge in [-0.05, 0) is 16.3 Å². The molecule has 0 aliphatic rings. The Morgan fingerprint density at radius 3 is 2.58 bits per heavy atom. The van der Waals surface area contributed by atoms with Crippen molar-refractivity contribution >= 4 is 0 Å². The Kier molecular flexibility index (Phi) is 2.67. The van der Waals surface area contributed by atoms with E-state index in [1.54, 1.807) is 0 Å². The molecule has 0 amide bonds. The number of tetrazole rings is 1. The minimum atomic E-state index is -2.60. The van der Waals surface area contributed by atoms with Crippen LogP contribution in [-0.4, -0.2) is 20.2 Å². The van der Waals surface area contributed by atoms with Gasteiger partial charge in [-0.1, -0.05) is 13.8 Å². The van der Waals surface area contributed by atoms with Crippen molar-refractivity contribution < 1.29 is 8.78 Å². The SMILES string of the molecule is CC(C)Cn1nnnc1C(F)F. The number of rotatable bonds is 3. The number of nitrogens with zero attached hydrogens (tertiary/aromatic N) is 4. The lowest BCUT2D eigenvalue weighted by molar-refractivity contribution is 0.132. The number of halogens is 2. The van der Waals surface area contributed by atoms with Crippen LogP contribution >= 0.6 is 0 Å². The first-order valence-corrected chi connectivity index (χ1v) is 3.65. The zero-order valence-corrected chi connectivity index (χ0v) is 6.91. The molecule has 0 saturated heterocycles. The van der Waals surface area contributed by atoms with Crippen molar-refractivity contribution in [2.45, 2.75) is 26.8 Å². The van der Waals surface area contributed by atoms with Gasteiger partial charge in [0.2, 0.25) is 5.82 Å². The van der Waals surface area contributed by atoms with Crippen LogP contribution in [0.2, 0.25) is 0 Å². The summed E-state index contributed by atoms with van der Waals surface area (Å²) >= 11 is 0. The Morgan fingerprint density at radius 1 is 1.42 bits per heavy atom. The summed E-state index contributed by atoms with van der Waals surface area (Å²) in [6.07, 6.45) is -2.60. The molecule has 68 valence electrons. The highest BCUT2D eigenvalue weighted by Crippen LogP contribution is 2.14. The molecular weight excluding hydrogens is 166 g/mol. The van der Waals surface area contributed by atoms with Gasteiger partial charge in [0.05, 0.1) is 0 Å². The summed E-state index contributed by atoms with van der Waals surface area (Å²) in [5, 5.41) is 9.85. The van der Waals surface area contributed by atoms with Crippen molar-refractivity contribution in [1.29, 1.82) is 0 Å². The second-order valence-corrected chi connectivity index (χ2v) is 2.91. The quantitative estimate of drug-likeness (QED) is 0.696. The van der Waals surface area contributed by atoms with Gasteiger partial charge in [-0.15, -0.1) is 5.10 Å². The van der Waals surface area contributed by atoms with Gasteiger partial charge in [0, 0.05) is 6.54 Å². The number of alkyl halides is 2. The molecule has 0 aromatic carbocycles. The lowest BCUT2D eigenvalue weighted by Crippen LogP contribution is -2.10. The maximum Gasteiger partial charge on any atom is 0.298 e. The molecular formula is C6H10F2N4. The lowest BCUT2D eigenvalue weighted by atomic mass is 10.2. The van der Waals surface area contributed by atoms with Crippen LogP contribution in [0.25, 0.3) is 0 Å². The van der Waals surface area contributed by atoms with Gasteiger partial charge in [0.25, 0.3) is 6.43 Å². The normalized spacial score (nSPS) is 11.5. The molecule has 0 saturated carbocycles. The number of aromatic nitrogens is 4. The van der Waals surface area contributed by atoms with Crippen LogP contribution in [0.4, 0.5) is 8.78 Å². The van der Waals surface area contributed by atoms with Crippen molar-refractivity contribution in [3.05, 3.63) is 5.82 Å². The van der Waals surface area contributed by atoms with Crippen LogP contribution in [-0.2, 0) is 6.54 Å². The highest BCUT2D eigenvalue weighted by Gasteiger charge is 2.16. The molecule has 1 aromatic rings. The van der Waals surface area contributed by atoms with Gasteiger partial charge in [-0.2, -0.15) is 0 Å². The predicted octanol–water partition coefficient (Wildman–Crippen LogP) is 1.27. The summed E-state index contributed by atoms with van der Waals surface area (Å²) in [5.74, 6) is -0.102. The Hall–Kier alpha value is -1.07. The van der Waals surface area contributed by atoms with Gasteiger partial charge >= 0.3 is 0 Å². The van der Waals surface area contributed by atoms with Crippen LogP contribution in [0.1, 0.15) is 26.1 Å². The molecule has 6 heteroatoms. The molecule has 0 spiro atoms. The topological polar surface area (TPSA) is 43.6 Å². The van der Waals surface area contributed by atoms with E-state index in [0.717, 1.165) is 4.68 Å². The zero-order chi connectivity index (χ0) is 9.14. The fourth-order valence-electron chi connectivity index (χ4n) is 0.844. The Labute approximate surface area is 68.6 Å². The molecule has 0 bridgehead atoms. The maximum absolute atomic E-state index is 12.1. The fourth-order valence-corrected chi connectivity index (χ4v) is 0.844. The van der Waals surface area contributed by atoms with Crippen LogP contribution in [0.15, 0.2) is 0 Å². The number of hydrogen-bond acceptors (Lipinski definition) is 3. The maximum atomic E-state index is 12.1. The minimum Gasteiger partial charge on any atom is -0.224 e. The summed E-state index contributed by atoms with van der Waals surface area (Å²) in [7, 11) is 0. The van der Waals surface area contributed by atoms with E-state index in [4.69, 9.17) is 0 Å². The third kappa shape index (κ3) is 1.96. The average Bonchev–Trinajstić information content (AvgIpc) is 2.33. The summed E-state index contributed by atoms with van der Waals surface area (Å²) in [6.45, 7) is 4.25. The first kappa shape index (κ1) is 9.02.